The fourth-order valence-corrected chi connectivity index (χ4v) is 3.28. The fourth-order valence-electron chi connectivity index (χ4n) is 3.28. The molecule has 0 amide bonds. The Morgan fingerprint density at radius 2 is 1.25 bits per heavy atom. The van der Waals surface area contributed by atoms with Crippen LogP contribution in [0.2, 0.25) is 0 Å². The molecule has 3 nitrogen and oxygen atoms in total. The van der Waals surface area contributed by atoms with Gasteiger partial charge in [0.25, 0.3) is 0 Å². The molecule has 3 heteroatoms. The second-order valence-electron chi connectivity index (χ2n) is 7.43. The molecule has 0 saturated carbocycles. The molecule has 0 N–H and O–H groups in total. The number of para-hydroxylation sites is 1. The monoisotopic (exact) mass is 418 g/mol. The first-order chi connectivity index (χ1) is 15.6. The van der Waals surface area contributed by atoms with Gasteiger partial charge in [-0.2, -0.15) is 0 Å². The Hall–Kier alpha value is -4.24. The van der Waals surface area contributed by atoms with Gasteiger partial charge in [-0.15, -0.1) is 0 Å². The molecule has 0 saturated heterocycles. The normalized spacial score (nSPS) is 10.8. The fraction of sp³-hybridized carbons (Fsp3) is 0.0345. The molecule has 4 aromatic rings. The predicted octanol–water partition coefficient (Wildman–Crippen LogP) is 6.78. The summed E-state index contributed by atoms with van der Waals surface area (Å²) in [5, 5.41) is 0. The van der Waals surface area contributed by atoms with E-state index in [1.54, 1.807) is 36.4 Å². The molecule has 0 bridgehead atoms. The zero-order valence-corrected chi connectivity index (χ0v) is 17.7. The van der Waals surface area contributed by atoms with E-state index in [4.69, 9.17) is 4.74 Å². The van der Waals surface area contributed by atoms with Crippen LogP contribution >= 0.6 is 0 Å². The van der Waals surface area contributed by atoms with E-state index in [1.807, 2.05) is 79.7 Å². The van der Waals surface area contributed by atoms with E-state index in [9.17, 15) is 9.59 Å². The van der Waals surface area contributed by atoms with Crippen molar-refractivity contribution in [1.29, 1.82) is 0 Å². The van der Waals surface area contributed by atoms with E-state index in [1.165, 1.54) is 6.08 Å². The van der Waals surface area contributed by atoms with Gasteiger partial charge in [0.05, 0.1) is 5.56 Å². The summed E-state index contributed by atoms with van der Waals surface area (Å²) in [7, 11) is 0. The Labute approximate surface area is 187 Å². The highest BCUT2D eigenvalue weighted by Crippen LogP contribution is 2.22. The van der Waals surface area contributed by atoms with E-state index >= 15 is 0 Å². The first-order valence-corrected chi connectivity index (χ1v) is 10.4. The van der Waals surface area contributed by atoms with Crippen molar-refractivity contribution in [2.75, 3.05) is 0 Å². The van der Waals surface area contributed by atoms with Gasteiger partial charge in [0.2, 0.25) is 0 Å². The molecule has 0 aromatic heterocycles. The number of benzene rings is 4. The van der Waals surface area contributed by atoms with Gasteiger partial charge in [0.15, 0.2) is 5.78 Å². The summed E-state index contributed by atoms with van der Waals surface area (Å²) in [6, 6.07) is 31.9. The van der Waals surface area contributed by atoms with Crippen molar-refractivity contribution in [3.63, 3.8) is 0 Å². The van der Waals surface area contributed by atoms with Crippen LogP contribution in [0.1, 0.15) is 31.8 Å². The van der Waals surface area contributed by atoms with Crippen LogP contribution in [0, 0.1) is 6.92 Å². The van der Waals surface area contributed by atoms with Crippen molar-refractivity contribution in [3.05, 3.63) is 131 Å². The van der Waals surface area contributed by atoms with Crippen LogP contribution in [-0.2, 0) is 0 Å². The van der Waals surface area contributed by atoms with Gasteiger partial charge in [0, 0.05) is 11.1 Å². The van der Waals surface area contributed by atoms with Gasteiger partial charge in [-0.25, -0.2) is 4.79 Å². The second-order valence-corrected chi connectivity index (χ2v) is 7.43. The molecule has 4 rings (SSSR count). The van der Waals surface area contributed by atoms with E-state index < -0.39 is 5.97 Å². The molecule has 156 valence electrons. The Balaban J connectivity index is 1.48. The summed E-state index contributed by atoms with van der Waals surface area (Å²) in [5.74, 6) is -0.153. The van der Waals surface area contributed by atoms with Crippen LogP contribution in [-0.4, -0.2) is 11.8 Å². The van der Waals surface area contributed by atoms with E-state index in [-0.39, 0.29) is 5.78 Å². The molecule has 0 atom stereocenters. The number of rotatable bonds is 6. The summed E-state index contributed by atoms with van der Waals surface area (Å²) in [6.07, 6.45) is 3.17. The predicted molar refractivity (Wildman–Crippen MR) is 128 cm³/mol. The van der Waals surface area contributed by atoms with Gasteiger partial charge in [-0.1, -0.05) is 90.5 Å². The van der Waals surface area contributed by atoms with E-state index in [0.717, 1.165) is 16.7 Å². The minimum Gasteiger partial charge on any atom is -0.422 e. The molecular formula is C29H22O3. The van der Waals surface area contributed by atoms with Gasteiger partial charge in [-0.3, -0.25) is 4.79 Å². The number of allylic oxidation sites excluding steroid dienone is 1. The molecule has 0 fully saturated rings. The van der Waals surface area contributed by atoms with Crippen LogP contribution in [0.5, 0.6) is 5.75 Å². The van der Waals surface area contributed by atoms with E-state index in [2.05, 4.69) is 0 Å². The molecule has 0 aliphatic heterocycles. The number of carbonyl (C=O) groups excluding carboxylic acids is 2. The summed E-state index contributed by atoms with van der Waals surface area (Å²) in [5.41, 5.74) is 4.95. The third kappa shape index (κ3) is 5.08. The average Bonchev–Trinajstić information content (AvgIpc) is 2.84. The summed E-state index contributed by atoms with van der Waals surface area (Å²) < 4.78 is 5.57. The second kappa shape index (κ2) is 9.71. The van der Waals surface area contributed by atoms with E-state index in [0.29, 0.717) is 22.4 Å². The van der Waals surface area contributed by atoms with Gasteiger partial charge >= 0.3 is 5.97 Å². The van der Waals surface area contributed by atoms with Crippen LogP contribution in [0.25, 0.3) is 17.2 Å². The van der Waals surface area contributed by atoms with Crippen LogP contribution in [0.3, 0.4) is 0 Å². The average molecular weight is 418 g/mol. The molecule has 0 unspecified atom stereocenters. The van der Waals surface area contributed by atoms with Gasteiger partial charge < -0.3 is 4.74 Å². The van der Waals surface area contributed by atoms with Gasteiger partial charge in [0.1, 0.15) is 5.75 Å². The highest BCUT2D eigenvalue weighted by atomic mass is 16.5. The lowest BCUT2D eigenvalue weighted by Gasteiger charge is -2.08. The summed E-state index contributed by atoms with van der Waals surface area (Å²) >= 11 is 0. The van der Waals surface area contributed by atoms with Gasteiger partial charge in [-0.05, 0) is 48.4 Å². The van der Waals surface area contributed by atoms with Crippen molar-refractivity contribution in [1.82, 2.24) is 0 Å². The quantitative estimate of drug-likeness (QED) is 0.150. The lowest BCUT2D eigenvalue weighted by Crippen LogP contribution is -2.09. The maximum atomic E-state index is 12.7. The maximum absolute atomic E-state index is 12.7. The first kappa shape index (κ1) is 21.0. The van der Waals surface area contributed by atoms with Crippen molar-refractivity contribution in [2.24, 2.45) is 0 Å². The van der Waals surface area contributed by atoms with Crippen molar-refractivity contribution >= 4 is 17.8 Å². The maximum Gasteiger partial charge on any atom is 0.343 e. The SMILES string of the molecule is Cc1ccc(C(=O)Oc2ccccc2/C=C/C(=O)c2ccc(-c3ccccc3)cc2)cc1. The van der Waals surface area contributed by atoms with Crippen molar-refractivity contribution < 1.29 is 14.3 Å². The van der Waals surface area contributed by atoms with Crippen molar-refractivity contribution in [3.8, 4) is 16.9 Å². The minimum atomic E-state index is -0.436. The smallest absolute Gasteiger partial charge is 0.343 e. The van der Waals surface area contributed by atoms with Crippen LogP contribution in [0.4, 0.5) is 0 Å². The largest absolute Gasteiger partial charge is 0.422 e. The molecule has 0 heterocycles. The summed E-state index contributed by atoms with van der Waals surface area (Å²) in [4.78, 5) is 25.1. The zero-order valence-electron chi connectivity index (χ0n) is 17.7. The lowest BCUT2D eigenvalue weighted by atomic mass is 10.0. The molecule has 32 heavy (non-hydrogen) atoms. The number of hydrogen-bond donors (Lipinski definition) is 0. The highest BCUT2D eigenvalue weighted by molar-refractivity contribution is 6.07. The Morgan fingerprint density at radius 3 is 1.97 bits per heavy atom. The number of ether oxygens (including phenoxy) is 1. The van der Waals surface area contributed by atoms with Crippen LogP contribution < -0.4 is 4.74 Å². The molecule has 0 aliphatic rings. The lowest BCUT2D eigenvalue weighted by molar-refractivity contribution is 0.0734. The Kier molecular flexibility index (Phi) is 6.38. The summed E-state index contributed by atoms with van der Waals surface area (Å²) in [6.45, 7) is 1.96. The number of esters is 1. The molecule has 4 aromatic carbocycles. The standard InChI is InChI=1S/C29H22O3/c1-21-11-13-26(14-12-21)29(31)32-28-10-6-5-9-25(28)19-20-27(30)24-17-15-23(16-18-24)22-7-3-2-4-8-22/h2-20H,1H3/b20-19+. The van der Waals surface area contributed by atoms with Crippen molar-refractivity contribution in [2.45, 2.75) is 6.92 Å². The molecule has 0 spiro atoms. The first-order valence-electron chi connectivity index (χ1n) is 10.4. The highest BCUT2D eigenvalue weighted by Gasteiger charge is 2.11. The zero-order chi connectivity index (χ0) is 22.3. The third-order valence-corrected chi connectivity index (χ3v) is 5.10. The molecular weight excluding hydrogens is 396 g/mol. The molecule has 0 radical (unpaired) electrons. The third-order valence-electron chi connectivity index (χ3n) is 5.10. The number of ketones is 1. The topological polar surface area (TPSA) is 43.4 Å². The Morgan fingerprint density at radius 1 is 0.656 bits per heavy atom. The molecule has 0 aliphatic carbocycles. The number of hydrogen-bond acceptors (Lipinski definition) is 3. The number of aryl methyl sites for hydroxylation is 1. The van der Waals surface area contributed by atoms with Crippen LogP contribution in [0.15, 0.2) is 109 Å². The minimum absolute atomic E-state index is 0.121. The Bertz CT molecular complexity index is 1250. The number of carbonyl (C=O) groups is 2.